The van der Waals surface area contributed by atoms with Crippen LogP contribution in [0, 0.1) is 0 Å². The largest absolute Gasteiger partial charge is 0.311 e. The highest BCUT2D eigenvalue weighted by atomic mass is 15.1. The fourth-order valence-corrected chi connectivity index (χ4v) is 8.25. The van der Waals surface area contributed by atoms with E-state index in [9.17, 15) is 0 Å². The minimum Gasteiger partial charge on any atom is -0.311 e. The highest BCUT2D eigenvalue weighted by molar-refractivity contribution is 5.97. The van der Waals surface area contributed by atoms with Crippen LogP contribution in [0.5, 0.6) is 0 Å². The van der Waals surface area contributed by atoms with Crippen LogP contribution in [-0.2, 0) is 0 Å². The molecule has 0 radical (unpaired) electrons. The van der Waals surface area contributed by atoms with Crippen LogP contribution in [0.2, 0.25) is 0 Å². The summed E-state index contributed by atoms with van der Waals surface area (Å²) in [5.41, 5.74) is 17.8. The zero-order valence-corrected chi connectivity index (χ0v) is 32.6. The first-order valence-corrected chi connectivity index (χ1v) is 20.2. The Balaban J connectivity index is 0.943. The van der Waals surface area contributed by atoms with E-state index in [-0.39, 0.29) is 0 Å². The van der Waals surface area contributed by atoms with E-state index < -0.39 is 0 Å². The molecule has 0 saturated carbocycles. The zero-order valence-electron chi connectivity index (χ0n) is 32.6. The lowest BCUT2D eigenvalue weighted by atomic mass is 9.90. The number of hydrogen-bond donors (Lipinski definition) is 0. The molecule has 0 fully saturated rings. The van der Waals surface area contributed by atoms with Crippen LogP contribution in [0.1, 0.15) is 0 Å². The monoisotopic (exact) mass is 751 g/mol. The molecule has 1 heteroatoms. The molecule has 0 spiro atoms. The van der Waals surface area contributed by atoms with E-state index in [1.165, 1.54) is 77.5 Å². The van der Waals surface area contributed by atoms with Crippen LogP contribution in [0.4, 0.5) is 17.1 Å². The molecule has 278 valence electrons. The van der Waals surface area contributed by atoms with Crippen molar-refractivity contribution in [3.05, 3.63) is 249 Å². The molecule has 0 heterocycles. The van der Waals surface area contributed by atoms with Crippen LogP contribution >= 0.6 is 0 Å². The Labute approximate surface area is 346 Å². The SMILES string of the molecule is c1ccc(-c2ccc(-c3ccc(-c4ccc(N(c5ccccc5)c5ccc(-c6ccc(-c7cccc8ccccc78)cc6)cc5)cc4)cc3-c3ccccc3)cc2)cc1. The fourth-order valence-electron chi connectivity index (χ4n) is 8.25. The van der Waals surface area contributed by atoms with Gasteiger partial charge in [-0.3, -0.25) is 0 Å². The van der Waals surface area contributed by atoms with Gasteiger partial charge in [0.25, 0.3) is 0 Å². The first-order chi connectivity index (χ1) is 29.2. The van der Waals surface area contributed by atoms with E-state index >= 15 is 0 Å². The Kier molecular flexibility index (Phi) is 9.68. The highest BCUT2D eigenvalue weighted by Crippen LogP contribution is 2.40. The second kappa shape index (κ2) is 16.0. The zero-order chi connectivity index (χ0) is 39.4. The quantitative estimate of drug-likeness (QED) is 0.142. The fraction of sp³-hybridized carbons (Fsp3) is 0. The van der Waals surface area contributed by atoms with Crippen LogP contribution in [0.25, 0.3) is 77.5 Å². The average Bonchev–Trinajstić information content (AvgIpc) is 3.33. The standard InChI is InChI=1S/C58H41N/c1-4-13-42(14-5-1)43-23-29-50(30-24-43)57-40-35-51(41-58(57)48-15-6-2-7-16-48)46-33-38-54(39-34-46)59(52-19-8-3-9-20-52)53-36-31-45(32-37-53)44-25-27-49(28-26-44)56-22-12-18-47-17-10-11-21-55(47)56/h1-41H. The molecule has 10 aromatic carbocycles. The lowest BCUT2D eigenvalue weighted by molar-refractivity contribution is 1.28. The summed E-state index contributed by atoms with van der Waals surface area (Å²) < 4.78 is 0. The van der Waals surface area contributed by atoms with Crippen molar-refractivity contribution in [1.82, 2.24) is 0 Å². The van der Waals surface area contributed by atoms with Crippen LogP contribution in [0.3, 0.4) is 0 Å². The predicted octanol–water partition coefficient (Wildman–Crippen LogP) is 16.3. The molecule has 1 nitrogen and oxygen atoms in total. The average molecular weight is 752 g/mol. The van der Waals surface area contributed by atoms with Crippen molar-refractivity contribution >= 4 is 27.8 Å². The van der Waals surface area contributed by atoms with Gasteiger partial charge in [0.2, 0.25) is 0 Å². The van der Waals surface area contributed by atoms with Gasteiger partial charge in [-0.15, -0.1) is 0 Å². The Morgan fingerprint density at radius 3 is 1.17 bits per heavy atom. The molecular formula is C58H41N. The van der Waals surface area contributed by atoms with Crippen molar-refractivity contribution in [2.24, 2.45) is 0 Å². The molecule has 0 aliphatic rings. The van der Waals surface area contributed by atoms with Crippen molar-refractivity contribution in [3.63, 3.8) is 0 Å². The molecule has 59 heavy (non-hydrogen) atoms. The molecule has 0 N–H and O–H groups in total. The van der Waals surface area contributed by atoms with Crippen LogP contribution in [-0.4, -0.2) is 0 Å². The number of nitrogens with zero attached hydrogens (tertiary/aromatic N) is 1. The number of anilines is 3. The van der Waals surface area contributed by atoms with Crippen molar-refractivity contribution < 1.29 is 0 Å². The number of rotatable bonds is 9. The third-order valence-corrected chi connectivity index (χ3v) is 11.3. The molecule has 0 aliphatic heterocycles. The Morgan fingerprint density at radius 1 is 0.203 bits per heavy atom. The molecule has 0 saturated heterocycles. The molecule has 0 unspecified atom stereocenters. The number of para-hydroxylation sites is 1. The summed E-state index contributed by atoms with van der Waals surface area (Å²) in [6.45, 7) is 0. The predicted molar refractivity (Wildman–Crippen MR) is 251 cm³/mol. The summed E-state index contributed by atoms with van der Waals surface area (Å²) in [6.07, 6.45) is 0. The van der Waals surface area contributed by atoms with Gasteiger partial charge in [-0.25, -0.2) is 0 Å². The Morgan fingerprint density at radius 2 is 0.576 bits per heavy atom. The van der Waals surface area contributed by atoms with Gasteiger partial charge in [0.15, 0.2) is 0 Å². The third kappa shape index (κ3) is 7.34. The maximum absolute atomic E-state index is 2.34. The lowest BCUT2D eigenvalue weighted by Gasteiger charge is -2.26. The van der Waals surface area contributed by atoms with Gasteiger partial charge >= 0.3 is 0 Å². The van der Waals surface area contributed by atoms with Crippen LogP contribution < -0.4 is 4.90 Å². The lowest BCUT2D eigenvalue weighted by Crippen LogP contribution is -2.09. The maximum atomic E-state index is 2.34. The highest BCUT2D eigenvalue weighted by Gasteiger charge is 2.15. The molecule has 0 aromatic heterocycles. The van der Waals surface area contributed by atoms with E-state index in [0.29, 0.717) is 0 Å². The summed E-state index contributed by atoms with van der Waals surface area (Å²) >= 11 is 0. The normalized spacial score (nSPS) is 11.1. The molecule has 10 rings (SSSR count). The van der Waals surface area contributed by atoms with Crippen LogP contribution in [0.15, 0.2) is 249 Å². The summed E-state index contributed by atoms with van der Waals surface area (Å²) in [5, 5.41) is 2.53. The van der Waals surface area contributed by atoms with Crippen molar-refractivity contribution in [3.8, 4) is 66.8 Å². The Hall–Kier alpha value is -7.74. The summed E-state index contributed by atoms with van der Waals surface area (Å²) in [4.78, 5) is 2.33. The van der Waals surface area contributed by atoms with Gasteiger partial charge in [0.1, 0.15) is 0 Å². The molecular weight excluding hydrogens is 711 g/mol. The van der Waals surface area contributed by atoms with Gasteiger partial charge in [0, 0.05) is 17.1 Å². The summed E-state index contributed by atoms with van der Waals surface area (Å²) in [6, 6.07) is 89.6. The van der Waals surface area contributed by atoms with Gasteiger partial charge < -0.3 is 4.90 Å². The number of fused-ring (bicyclic) bond motifs is 1. The van der Waals surface area contributed by atoms with E-state index in [2.05, 4.69) is 254 Å². The molecule has 10 aromatic rings. The van der Waals surface area contributed by atoms with Crippen molar-refractivity contribution in [1.29, 1.82) is 0 Å². The Bertz CT molecular complexity index is 2970. The van der Waals surface area contributed by atoms with E-state index in [0.717, 1.165) is 17.1 Å². The first kappa shape index (κ1) is 35.7. The van der Waals surface area contributed by atoms with E-state index in [1.54, 1.807) is 0 Å². The third-order valence-electron chi connectivity index (χ3n) is 11.3. The molecule has 0 amide bonds. The minimum absolute atomic E-state index is 1.10. The first-order valence-electron chi connectivity index (χ1n) is 20.2. The smallest absolute Gasteiger partial charge is 0.0462 e. The molecule has 0 bridgehead atoms. The van der Waals surface area contributed by atoms with Gasteiger partial charge in [-0.2, -0.15) is 0 Å². The van der Waals surface area contributed by atoms with E-state index in [4.69, 9.17) is 0 Å². The molecule has 0 aliphatic carbocycles. The van der Waals surface area contributed by atoms with Crippen molar-refractivity contribution in [2.75, 3.05) is 4.90 Å². The van der Waals surface area contributed by atoms with Gasteiger partial charge in [-0.1, -0.05) is 206 Å². The minimum atomic E-state index is 1.10. The second-order valence-corrected chi connectivity index (χ2v) is 14.9. The molecule has 0 atom stereocenters. The van der Waals surface area contributed by atoms with Crippen molar-refractivity contribution in [2.45, 2.75) is 0 Å². The number of benzene rings is 10. The van der Waals surface area contributed by atoms with Gasteiger partial charge in [-0.05, 0) is 120 Å². The second-order valence-electron chi connectivity index (χ2n) is 14.9. The number of hydrogen-bond acceptors (Lipinski definition) is 1. The van der Waals surface area contributed by atoms with E-state index in [1.807, 2.05) is 0 Å². The topological polar surface area (TPSA) is 3.24 Å². The van der Waals surface area contributed by atoms with Gasteiger partial charge in [0.05, 0.1) is 0 Å². The maximum Gasteiger partial charge on any atom is 0.0462 e. The summed E-state index contributed by atoms with van der Waals surface area (Å²) in [5.74, 6) is 0. The summed E-state index contributed by atoms with van der Waals surface area (Å²) in [7, 11) is 0.